The van der Waals surface area contributed by atoms with Gasteiger partial charge in [-0.15, -0.1) is 0 Å². The Morgan fingerprint density at radius 1 is 1.75 bits per heavy atom. The maximum atomic E-state index is 8.87. The summed E-state index contributed by atoms with van der Waals surface area (Å²) in [7, 11) is 0. The minimum atomic E-state index is 0.475. The van der Waals surface area contributed by atoms with Gasteiger partial charge in [-0.05, 0) is 18.9 Å². The summed E-state index contributed by atoms with van der Waals surface area (Å²) in [5, 5.41) is 8.87. The average Bonchev–Trinajstić information content (AvgIpc) is 1.68. The van der Waals surface area contributed by atoms with Gasteiger partial charge < -0.3 is 5.11 Å². The highest BCUT2D eigenvalue weighted by atomic mass is 16.3. The van der Waals surface area contributed by atoms with E-state index in [0.29, 0.717) is 12.2 Å². The first kappa shape index (κ1) is 7.54. The first-order valence-corrected chi connectivity index (χ1v) is 2.98. The molecule has 0 atom stereocenters. The lowest BCUT2D eigenvalue weighted by atomic mass is 10.2. The fraction of sp³-hybridized carbons (Fsp3) is 0.571. The lowest BCUT2D eigenvalue weighted by Gasteiger charge is -1.92. The van der Waals surface area contributed by atoms with E-state index < -0.39 is 0 Å². The van der Waals surface area contributed by atoms with Gasteiger partial charge in [-0.3, -0.25) is 0 Å². The Bertz CT molecular complexity index is 74.5. The molecule has 0 saturated carbocycles. The van der Waals surface area contributed by atoms with E-state index in [0.717, 1.165) is 12.8 Å². The smallest absolute Gasteiger partial charge is 0.0882 e. The van der Waals surface area contributed by atoms with Crippen molar-refractivity contribution in [1.82, 2.24) is 0 Å². The second-order valence-corrected chi connectivity index (χ2v) is 1.71. The van der Waals surface area contributed by atoms with Crippen LogP contribution in [0.4, 0.5) is 0 Å². The summed E-state index contributed by atoms with van der Waals surface area (Å²) in [5.74, 6) is 0.475. The molecule has 0 unspecified atom stereocenters. The van der Waals surface area contributed by atoms with E-state index in [1.165, 1.54) is 0 Å². The van der Waals surface area contributed by atoms with Crippen molar-refractivity contribution in [2.75, 3.05) is 0 Å². The van der Waals surface area contributed by atoms with Crippen LogP contribution in [0.1, 0.15) is 26.2 Å². The van der Waals surface area contributed by atoms with Crippen LogP contribution in [0, 0.1) is 6.92 Å². The first-order valence-electron chi connectivity index (χ1n) is 2.98. The molecule has 0 fully saturated rings. The Morgan fingerprint density at radius 2 is 2.38 bits per heavy atom. The molecule has 0 rings (SSSR count). The molecule has 0 aliphatic heterocycles. The lowest BCUT2D eigenvalue weighted by Crippen LogP contribution is -1.77. The number of hydrogen-bond donors (Lipinski definition) is 1. The highest BCUT2D eigenvalue weighted by Gasteiger charge is 1.85. The third-order valence-corrected chi connectivity index (χ3v) is 0.873. The van der Waals surface area contributed by atoms with Gasteiger partial charge in [-0.1, -0.05) is 13.8 Å². The Balaban J connectivity index is 3.29. The average molecular weight is 113 g/mol. The number of aliphatic hydroxyl groups excluding tert-OH is 1. The van der Waals surface area contributed by atoms with Crippen molar-refractivity contribution in [1.29, 1.82) is 0 Å². The van der Waals surface area contributed by atoms with Gasteiger partial charge in [0.15, 0.2) is 0 Å². The fourth-order valence-corrected chi connectivity index (χ4v) is 0.519. The zero-order valence-corrected chi connectivity index (χ0v) is 5.35. The van der Waals surface area contributed by atoms with Gasteiger partial charge in [0, 0.05) is 6.42 Å². The summed E-state index contributed by atoms with van der Waals surface area (Å²) < 4.78 is 0. The van der Waals surface area contributed by atoms with Crippen molar-refractivity contribution in [3.63, 3.8) is 0 Å². The minimum Gasteiger partial charge on any atom is -0.513 e. The first-order chi connectivity index (χ1) is 3.81. The maximum Gasteiger partial charge on any atom is 0.0882 e. The van der Waals surface area contributed by atoms with E-state index in [2.05, 4.69) is 6.92 Å². The zero-order chi connectivity index (χ0) is 6.41. The number of allylic oxidation sites excluding steroid dienone is 2. The highest BCUT2D eigenvalue weighted by molar-refractivity contribution is 4.89. The summed E-state index contributed by atoms with van der Waals surface area (Å²) in [6, 6.07) is 0. The van der Waals surface area contributed by atoms with Gasteiger partial charge >= 0.3 is 0 Å². The van der Waals surface area contributed by atoms with Crippen LogP contribution in [0.25, 0.3) is 0 Å². The Morgan fingerprint density at radius 3 is 2.75 bits per heavy atom. The predicted octanol–water partition coefficient (Wildman–Crippen LogP) is 2.45. The summed E-state index contributed by atoms with van der Waals surface area (Å²) >= 11 is 0. The molecule has 1 nitrogen and oxygen atoms in total. The van der Waals surface area contributed by atoms with Crippen LogP contribution in [-0.4, -0.2) is 5.11 Å². The van der Waals surface area contributed by atoms with Crippen LogP contribution in [0.5, 0.6) is 0 Å². The Hall–Kier alpha value is -0.460. The minimum absolute atomic E-state index is 0.475. The zero-order valence-electron chi connectivity index (χ0n) is 5.35. The molecule has 0 heterocycles. The molecule has 47 valence electrons. The van der Waals surface area contributed by atoms with Gasteiger partial charge in [-0.25, -0.2) is 0 Å². The molecule has 0 amide bonds. The fourth-order valence-electron chi connectivity index (χ4n) is 0.519. The molecular formula is C7H13O. The normalized spacial score (nSPS) is 12.0. The van der Waals surface area contributed by atoms with E-state index in [9.17, 15) is 0 Å². The molecule has 0 aliphatic rings. The van der Waals surface area contributed by atoms with Crippen molar-refractivity contribution in [2.45, 2.75) is 26.2 Å². The molecule has 0 aromatic heterocycles. The summed E-state index contributed by atoms with van der Waals surface area (Å²) in [4.78, 5) is 0. The Kier molecular flexibility index (Phi) is 4.42. The standard InChI is InChI=1S/C7H13O/c1-3-5-7(8)6-4-2/h6,8H,1,3-5H2,2H3. The topological polar surface area (TPSA) is 20.2 Å². The maximum absolute atomic E-state index is 8.87. The van der Waals surface area contributed by atoms with Crippen molar-refractivity contribution in [3.05, 3.63) is 18.8 Å². The number of rotatable bonds is 3. The van der Waals surface area contributed by atoms with Gasteiger partial charge in [0.1, 0.15) is 0 Å². The van der Waals surface area contributed by atoms with E-state index in [1.807, 2.05) is 13.0 Å². The van der Waals surface area contributed by atoms with Crippen LogP contribution < -0.4 is 0 Å². The van der Waals surface area contributed by atoms with Crippen molar-refractivity contribution in [3.8, 4) is 0 Å². The number of hydrogen-bond acceptors (Lipinski definition) is 1. The number of aliphatic hydroxyl groups is 1. The van der Waals surface area contributed by atoms with Crippen molar-refractivity contribution < 1.29 is 5.11 Å². The monoisotopic (exact) mass is 113 g/mol. The van der Waals surface area contributed by atoms with Crippen LogP contribution in [0.2, 0.25) is 0 Å². The van der Waals surface area contributed by atoms with Crippen LogP contribution in [0.3, 0.4) is 0 Å². The quantitative estimate of drug-likeness (QED) is 0.557. The third-order valence-electron chi connectivity index (χ3n) is 0.873. The SMILES string of the molecule is [CH2]CCC(O)=CCC. The van der Waals surface area contributed by atoms with Crippen LogP contribution in [-0.2, 0) is 0 Å². The molecule has 8 heavy (non-hydrogen) atoms. The molecule has 0 spiro atoms. The van der Waals surface area contributed by atoms with E-state index >= 15 is 0 Å². The molecule has 0 aromatic rings. The summed E-state index contributed by atoms with van der Waals surface area (Å²) in [5.41, 5.74) is 0. The molecule has 0 aliphatic carbocycles. The van der Waals surface area contributed by atoms with Crippen LogP contribution in [0.15, 0.2) is 11.8 Å². The Labute approximate surface area is 51.0 Å². The molecule has 1 radical (unpaired) electrons. The predicted molar refractivity (Wildman–Crippen MR) is 35.6 cm³/mol. The summed E-state index contributed by atoms with van der Waals surface area (Å²) in [6.07, 6.45) is 4.22. The van der Waals surface area contributed by atoms with Gasteiger partial charge in [-0.2, -0.15) is 0 Å². The van der Waals surface area contributed by atoms with Gasteiger partial charge in [0.2, 0.25) is 0 Å². The largest absolute Gasteiger partial charge is 0.513 e. The second kappa shape index (κ2) is 4.69. The molecule has 1 heteroatoms. The van der Waals surface area contributed by atoms with Crippen molar-refractivity contribution >= 4 is 0 Å². The highest BCUT2D eigenvalue weighted by Crippen LogP contribution is 1.99. The molecular weight excluding hydrogens is 100 g/mol. The van der Waals surface area contributed by atoms with Gasteiger partial charge in [0.05, 0.1) is 5.76 Å². The van der Waals surface area contributed by atoms with Crippen molar-refractivity contribution in [2.24, 2.45) is 0 Å². The van der Waals surface area contributed by atoms with E-state index in [1.54, 1.807) is 0 Å². The third kappa shape index (κ3) is 3.72. The van der Waals surface area contributed by atoms with Crippen LogP contribution >= 0.6 is 0 Å². The van der Waals surface area contributed by atoms with E-state index in [-0.39, 0.29) is 0 Å². The molecule has 0 bridgehead atoms. The lowest BCUT2D eigenvalue weighted by molar-refractivity contribution is 0.386. The van der Waals surface area contributed by atoms with E-state index in [4.69, 9.17) is 5.11 Å². The molecule has 0 saturated heterocycles. The second-order valence-electron chi connectivity index (χ2n) is 1.71. The molecule has 0 aromatic carbocycles. The molecule has 1 N–H and O–H groups in total. The van der Waals surface area contributed by atoms with Gasteiger partial charge in [0.25, 0.3) is 0 Å². The summed E-state index contributed by atoms with van der Waals surface area (Å²) in [6.45, 7) is 5.61.